The van der Waals surface area contributed by atoms with Crippen LogP contribution >= 0.6 is 11.3 Å². The third-order valence-corrected chi connectivity index (χ3v) is 3.91. The fraction of sp³-hybridized carbons (Fsp3) is 0.583. The van der Waals surface area contributed by atoms with E-state index in [-0.39, 0.29) is 0 Å². The molecule has 3 heteroatoms. The number of carbonyl (C=O) groups excluding carboxylic acids is 1. The SMILES string of the molecule is CCN(Cc1cccs1)C(=O)C1CC1C. The van der Waals surface area contributed by atoms with Crippen LogP contribution in [0.15, 0.2) is 17.5 Å². The number of carbonyl (C=O) groups is 1. The summed E-state index contributed by atoms with van der Waals surface area (Å²) < 4.78 is 0. The van der Waals surface area contributed by atoms with Crippen LogP contribution in [0.5, 0.6) is 0 Å². The van der Waals surface area contributed by atoms with Crippen LogP contribution in [0.3, 0.4) is 0 Å². The normalized spacial score (nSPS) is 23.9. The van der Waals surface area contributed by atoms with Crippen LogP contribution in [-0.2, 0) is 11.3 Å². The van der Waals surface area contributed by atoms with E-state index in [0.717, 1.165) is 19.5 Å². The van der Waals surface area contributed by atoms with Crippen LogP contribution in [0.25, 0.3) is 0 Å². The van der Waals surface area contributed by atoms with Gasteiger partial charge in [0.2, 0.25) is 5.91 Å². The van der Waals surface area contributed by atoms with Gasteiger partial charge in [0, 0.05) is 17.3 Å². The maximum atomic E-state index is 12.0. The van der Waals surface area contributed by atoms with Gasteiger partial charge in [-0.2, -0.15) is 0 Å². The van der Waals surface area contributed by atoms with Gasteiger partial charge in [-0.25, -0.2) is 0 Å². The summed E-state index contributed by atoms with van der Waals surface area (Å²) in [6.45, 7) is 5.82. The van der Waals surface area contributed by atoms with E-state index >= 15 is 0 Å². The summed E-state index contributed by atoms with van der Waals surface area (Å²) in [6, 6.07) is 4.13. The van der Waals surface area contributed by atoms with Gasteiger partial charge in [0.05, 0.1) is 6.54 Å². The molecule has 1 aromatic heterocycles. The first-order valence-corrected chi connectivity index (χ1v) is 6.41. The fourth-order valence-corrected chi connectivity index (χ4v) is 2.56. The summed E-state index contributed by atoms with van der Waals surface area (Å²) >= 11 is 1.72. The average molecular weight is 223 g/mol. The van der Waals surface area contributed by atoms with E-state index in [2.05, 4.69) is 25.3 Å². The summed E-state index contributed by atoms with van der Waals surface area (Å²) in [5.41, 5.74) is 0. The molecule has 1 amide bonds. The van der Waals surface area contributed by atoms with Crippen LogP contribution in [-0.4, -0.2) is 17.4 Å². The van der Waals surface area contributed by atoms with Gasteiger partial charge in [0.1, 0.15) is 0 Å². The van der Waals surface area contributed by atoms with Crippen molar-refractivity contribution in [2.75, 3.05) is 6.54 Å². The lowest BCUT2D eigenvalue weighted by atomic mass is 10.3. The Kier molecular flexibility index (Phi) is 3.10. The van der Waals surface area contributed by atoms with Gasteiger partial charge in [0.15, 0.2) is 0 Å². The van der Waals surface area contributed by atoms with Gasteiger partial charge in [-0.15, -0.1) is 11.3 Å². The van der Waals surface area contributed by atoms with Crippen LogP contribution in [0, 0.1) is 11.8 Å². The summed E-state index contributed by atoms with van der Waals surface area (Å²) in [6.07, 6.45) is 1.08. The monoisotopic (exact) mass is 223 g/mol. The smallest absolute Gasteiger partial charge is 0.226 e. The zero-order chi connectivity index (χ0) is 10.8. The van der Waals surface area contributed by atoms with Crippen LogP contribution in [0.1, 0.15) is 25.1 Å². The largest absolute Gasteiger partial charge is 0.338 e. The Balaban J connectivity index is 1.95. The topological polar surface area (TPSA) is 20.3 Å². The van der Waals surface area contributed by atoms with E-state index in [1.54, 1.807) is 11.3 Å². The highest BCUT2D eigenvalue weighted by Crippen LogP contribution is 2.39. The molecule has 82 valence electrons. The lowest BCUT2D eigenvalue weighted by Gasteiger charge is -2.20. The molecule has 1 aromatic rings. The molecule has 0 bridgehead atoms. The minimum absolute atomic E-state index is 0.310. The van der Waals surface area contributed by atoms with Crippen LogP contribution < -0.4 is 0 Å². The molecule has 0 radical (unpaired) electrons. The molecular weight excluding hydrogens is 206 g/mol. The summed E-state index contributed by atoms with van der Waals surface area (Å²) in [5, 5.41) is 2.06. The van der Waals surface area contributed by atoms with Crippen molar-refractivity contribution >= 4 is 17.2 Å². The van der Waals surface area contributed by atoms with Crippen LogP contribution in [0.4, 0.5) is 0 Å². The van der Waals surface area contributed by atoms with E-state index < -0.39 is 0 Å². The predicted octanol–water partition coefficient (Wildman–Crippen LogP) is 2.75. The fourth-order valence-electron chi connectivity index (χ4n) is 1.84. The highest BCUT2D eigenvalue weighted by Gasteiger charge is 2.41. The van der Waals surface area contributed by atoms with E-state index in [1.807, 2.05) is 11.0 Å². The first-order valence-electron chi connectivity index (χ1n) is 5.53. The molecule has 0 saturated heterocycles. The highest BCUT2D eigenvalue weighted by molar-refractivity contribution is 7.09. The molecule has 0 aliphatic heterocycles. The Bertz CT molecular complexity index is 333. The third kappa shape index (κ3) is 2.40. The Morgan fingerprint density at radius 2 is 2.40 bits per heavy atom. The van der Waals surface area contributed by atoms with Crippen LogP contribution in [0.2, 0.25) is 0 Å². The average Bonchev–Trinajstić information content (AvgIpc) is 2.77. The van der Waals surface area contributed by atoms with E-state index in [9.17, 15) is 4.79 Å². The number of thiophene rings is 1. The lowest BCUT2D eigenvalue weighted by Crippen LogP contribution is -2.31. The molecule has 2 atom stereocenters. The quantitative estimate of drug-likeness (QED) is 0.768. The molecule has 1 aliphatic carbocycles. The number of nitrogens with zero attached hydrogens (tertiary/aromatic N) is 1. The second kappa shape index (κ2) is 4.35. The van der Waals surface area contributed by atoms with Gasteiger partial charge in [0.25, 0.3) is 0 Å². The maximum Gasteiger partial charge on any atom is 0.226 e. The highest BCUT2D eigenvalue weighted by atomic mass is 32.1. The maximum absolute atomic E-state index is 12.0. The standard InChI is InChI=1S/C12H17NOS/c1-3-13(8-10-5-4-6-15-10)12(14)11-7-9(11)2/h4-6,9,11H,3,7-8H2,1-2H3. The molecule has 1 heterocycles. The number of rotatable bonds is 4. The molecule has 0 aromatic carbocycles. The number of hydrogen-bond acceptors (Lipinski definition) is 2. The van der Waals surface area contributed by atoms with Crippen molar-refractivity contribution < 1.29 is 4.79 Å². The molecule has 1 fully saturated rings. The number of hydrogen-bond donors (Lipinski definition) is 0. The molecule has 0 spiro atoms. The lowest BCUT2D eigenvalue weighted by molar-refractivity contribution is -0.133. The summed E-state index contributed by atoms with van der Waals surface area (Å²) in [7, 11) is 0. The first kappa shape index (κ1) is 10.7. The zero-order valence-electron chi connectivity index (χ0n) is 9.27. The van der Waals surface area contributed by atoms with Crippen molar-refractivity contribution in [3.05, 3.63) is 22.4 Å². The number of amides is 1. The Morgan fingerprint density at radius 1 is 1.67 bits per heavy atom. The van der Waals surface area contributed by atoms with Crippen molar-refractivity contribution in [2.24, 2.45) is 11.8 Å². The van der Waals surface area contributed by atoms with E-state index in [4.69, 9.17) is 0 Å². The van der Waals surface area contributed by atoms with E-state index in [0.29, 0.717) is 17.7 Å². The predicted molar refractivity (Wildman–Crippen MR) is 62.7 cm³/mol. The van der Waals surface area contributed by atoms with Crippen molar-refractivity contribution in [1.29, 1.82) is 0 Å². The second-order valence-corrected chi connectivity index (χ2v) is 5.28. The van der Waals surface area contributed by atoms with Crippen molar-refractivity contribution in [3.8, 4) is 0 Å². The first-order chi connectivity index (χ1) is 7.22. The molecule has 2 nitrogen and oxygen atoms in total. The minimum atomic E-state index is 0.310. The Morgan fingerprint density at radius 3 is 2.87 bits per heavy atom. The van der Waals surface area contributed by atoms with Gasteiger partial charge in [-0.3, -0.25) is 4.79 Å². The van der Waals surface area contributed by atoms with E-state index in [1.165, 1.54) is 4.88 Å². The molecule has 1 aliphatic rings. The molecule has 15 heavy (non-hydrogen) atoms. The summed E-state index contributed by atoms with van der Waals surface area (Å²) in [5.74, 6) is 1.26. The Labute approximate surface area is 94.9 Å². The second-order valence-electron chi connectivity index (χ2n) is 4.25. The van der Waals surface area contributed by atoms with Crippen molar-refractivity contribution in [2.45, 2.75) is 26.8 Å². The van der Waals surface area contributed by atoms with Gasteiger partial charge in [-0.1, -0.05) is 13.0 Å². The molecule has 2 unspecified atom stereocenters. The minimum Gasteiger partial charge on any atom is -0.338 e. The Hall–Kier alpha value is -0.830. The van der Waals surface area contributed by atoms with Gasteiger partial charge in [-0.05, 0) is 30.7 Å². The van der Waals surface area contributed by atoms with Crippen molar-refractivity contribution in [3.63, 3.8) is 0 Å². The zero-order valence-corrected chi connectivity index (χ0v) is 10.1. The third-order valence-electron chi connectivity index (χ3n) is 3.05. The molecular formula is C12H17NOS. The molecule has 2 rings (SSSR count). The van der Waals surface area contributed by atoms with Crippen molar-refractivity contribution in [1.82, 2.24) is 4.90 Å². The summed E-state index contributed by atoms with van der Waals surface area (Å²) in [4.78, 5) is 15.3. The van der Waals surface area contributed by atoms with Gasteiger partial charge < -0.3 is 4.90 Å². The van der Waals surface area contributed by atoms with Gasteiger partial charge >= 0.3 is 0 Å². The molecule has 1 saturated carbocycles. The molecule has 0 N–H and O–H groups in total.